The van der Waals surface area contributed by atoms with Gasteiger partial charge in [-0.3, -0.25) is 20.0 Å². The topological polar surface area (TPSA) is 60.9 Å². The maximum absolute atomic E-state index is 4.81. The van der Waals surface area contributed by atoms with Crippen LogP contribution < -0.4 is 4.90 Å². The van der Waals surface area contributed by atoms with Crippen LogP contribution in [0.15, 0.2) is 54.9 Å². The molecule has 6 heteroatoms. The zero-order valence-electron chi connectivity index (χ0n) is 19.9. The van der Waals surface area contributed by atoms with Crippen molar-refractivity contribution in [3.05, 3.63) is 60.6 Å². The minimum atomic E-state index is 0.810. The van der Waals surface area contributed by atoms with E-state index in [9.17, 15) is 0 Å². The van der Waals surface area contributed by atoms with Gasteiger partial charge in [-0.05, 0) is 62.1 Å². The number of aromatic nitrogens is 4. The SMILES string of the molecule is Cc1cccc(-c2[nH]ncc2-c2ccc3ncc(N4CCCN(C5CCCC5)CC4)cc3c2)n1. The van der Waals surface area contributed by atoms with Gasteiger partial charge in [0.25, 0.3) is 0 Å². The van der Waals surface area contributed by atoms with E-state index in [-0.39, 0.29) is 0 Å². The van der Waals surface area contributed by atoms with Crippen LogP contribution in [0.3, 0.4) is 0 Å². The van der Waals surface area contributed by atoms with Crippen LogP contribution in [0.5, 0.6) is 0 Å². The van der Waals surface area contributed by atoms with E-state index in [1.165, 1.54) is 44.3 Å². The lowest BCUT2D eigenvalue weighted by atomic mass is 10.0. The van der Waals surface area contributed by atoms with Gasteiger partial charge in [0.1, 0.15) is 0 Å². The van der Waals surface area contributed by atoms with Gasteiger partial charge >= 0.3 is 0 Å². The van der Waals surface area contributed by atoms with E-state index in [0.717, 1.165) is 64.8 Å². The van der Waals surface area contributed by atoms with Gasteiger partial charge < -0.3 is 4.90 Å². The molecule has 34 heavy (non-hydrogen) atoms. The van der Waals surface area contributed by atoms with Crippen LogP contribution in [0, 0.1) is 6.92 Å². The molecule has 6 nitrogen and oxygen atoms in total. The van der Waals surface area contributed by atoms with E-state index in [2.05, 4.69) is 49.2 Å². The molecule has 4 heterocycles. The van der Waals surface area contributed by atoms with Crippen molar-refractivity contribution in [3.8, 4) is 22.5 Å². The summed E-state index contributed by atoms with van der Waals surface area (Å²) in [6.07, 6.45) is 10.7. The van der Waals surface area contributed by atoms with Crippen LogP contribution >= 0.6 is 0 Å². The number of anilines is 1. The molecule has 1 N–H and O–H groups in total. The highest BCUT2D eigenvalue weighted by Gasteiger charge is 2.25. The minimum Gasteiger partial charge on any atom is -0.369 e. The second kappa shape index (κ2) is 9.18. The number of aryl methyl sites for hydroxylation is 1. The number of aromatic amines is 1. The number of pyridine rings is 2. The lowest BCUT2D eigenvalue weighted by molar-refractivity contribution is 0.213. The number of hydrogen-bond donors (Lipinski definition) is 1. The van der Waals surface area contributed by atoms with E-state index in [4.69, 9.17) is 4.98 Å². The van der Waals surface area contributed by atoms with Crippen LogP contribution in [0.4, 0.5) is 5.69 Å². The van der Waals surface area contributed by atoms with E-state index in [0.29, 0.717) is 0 Å². The Morgan fingerprint density at radius 3 is 2.71 bits per heavy atom. The molecular formula is C28H32N6. The molecule has 6 rings (SSSR count). The van der Waals surface area contributed by atoms with Crippen LogP contribution in [0.1, 0.15) is 37.8 Å². The Hall–Kier alpha value is -3.25. The summed E-state index contributed by atoms with van der Waals surface area (Å²) in [5.41, 5.74) is 7.30. The normalized spacial score (nSPS) is 18.0. The number of hydrogen-bond acceptors (Lipinski definition) is 5. The molecule has 2 fully saturated rings. The molecule has 4 aromatic rings. The Balaban J connectivity index is 1.28. The minimum absolute atomic E-state index is 0.810. The molecule has 0 bridgehead atoms. The first-order chi connectivity index (χ1) is 16.7. The Morgan fingerprint density at radius 1 is 0.912 bits per heavy atom. The van der Waals surface area contributed by atoms with Crippen molar-refractivity contribution in [2.75, 3.05) is 31.1 Å². The highest BCUT2D eigenvalue weighted by Crippen LogP contribution is 2.32. The first-order valence-corrected chi connectivity index (χ1v) is 12.6. The molecule has 1 saturated carbocycles. The predicted molar refractivity (Wildman–Crippen MR) is 138 cm³/mol. The van der Waals surface area contributed by atoms with E-state index in [1.807, 2.05) is 37.5 Å². The number of benzene rings is 1. The molecular weight excluding hydrogens is 420 g/mol. The molecule has 1 aromatic carbocycles. The smallest absolute Gasteiger partial charge is 0.0912 e. The largest absolute Gasteiger partial charge is 0.369 e. The first-order valence-electron chi connectivity index (χ1n) is 12.6. The summed E-state index contributed by atoms with van der Waals surface area (Å²) in [4.78, 5) is 14.8. The van der Waals surface area contributed by atoms with E-state index >= 15 is 0 Å². The molecule has 0 amide bonds. The maximum atomic E-state index is 4.81. The van der Waals surface area contributed by atoms with Crippen molar-refractivity contribution in [2.45, 2.75) is 45.1 Å². The Labute approximate surface area is 201 Å². The third-order valence-corrected chi connectivity index (χ3v) is 7.50. The zero-order chi connectivity index (χ0) is 22.9. The van der Waals surface area contributed by atoms with Crippen LogP contribution in [-0.2, 0) is 0 Å². The number of nitrogens with zero attached hydrogens (tertiary/aromatic N) is 5. The second-order valence-electron chi connectivity index (χ2n) is 9.74. The lowest BCUT2D eigenvalue weighted by Crippen LogP contribution is -2.36. The number of rotatable bonds is 4. The van der Waals surface area contributed by atoms with Gasteiger partial charge in [0.05, 0.1) is 35.0 Å². The maximum Gasteiger partial charge on any atom is 0.0912 e. The number of fused-ring (bicyclic) bond motifs is 1. The van der Waals surface area contributed by atoms with Gasteiger partial charge in [-0.15, -0.1) is 0 Å². The molecule has 174 valence electrons. The summed E-state index contributed by atoms with van der Waals surface area (Å²) in [6, 6.07) is 15.7. The molecule has 1 aliphatic heterocycles. The molecule has 0 atom stereocenters. The molecule has 1 aliphatic carbocycles. The summed E-state index contributed by atoms with van der Waals surface area (Å²) in [7, 11) is 0. The summed E-state index contributed by atoms with van der Waals surface area (Å²) >= 11 is 0. The molecule has 0 unspecified atom stereocenters. The molecule has 3 aromatic heterocycles. The third kappa shape index (κ3) is 4.18. The lowest BCUT2D eigenvalue weighted by Gasteiger charge is -2.27. The average molecular weight is 453 g/mol. The quantitative estimate of drug-likeness (QED) is 0.446. The predicted octanol–water partition coefficient (Wildman–Crippen LogP) is 5.45. The molecule has 1 saturated heterocycles. The van der Waals surface area contributed by atoms with Gasteiger partial charge in [-0.2, -0.15) is 5.10 Å². The zero-order valence-corrected chi connectivity index (χ0v) is 19.9. The third-order valence-electron chi connectivity index (χ3n) is 7.50. The Bertz CT molecular complexity index is 1290. The number of nitrogens with one attached hydrogen (secondary N) is 1. The number of H-pyrrole nitrogens is 1. The summed E-state index contributed by atoms with van der Waals surface area (Å²) in [5, 5.41) is 8.65. The van der Waals surface area contributed by atoms with Crippen molar-refractivity contribution >= 4 is 16.6 Å². The van der Waals surface area contributed by atoms with Gasteiger partial charge in [-0.1, -0.05) is 25.0 Å². The Kier molecular flexibility index (Phi) is 5.75. The van der Waals surface area contributed by atoms with Gasteiger partial charge in [0, 0.05) is 48.9 Å². The molecule has 0 spiro atoms. The van der Waals surface area contributed by atoms with Gasteiger partial charge in [-0.25, -0.2) is 0 Å². The van der Waals surface area contributed by atoms with Crippen molar-refractivity contribution in [3.63, 3.8) is 0 Å². The summed E-state index contributed by atoms with van der Waals surface area (Å²) < 4.78 is 0. The second-order valence-corrected chi connectivity index (χ2v) is 9.74. The Morgan fingerprint density at radius 2 is 1.82 bits per heavy atom. The highest BCUT2D eigenvalue weighted by atomic mass is 15.2. The average Bonchev–Trinajstić information content (AvgIpc) is 3.52. The molecule has 0 radical (unpaired) electrons. The van der Waals surface area contributed by atoms with Gasteiger partial charge in [0.2, 0.25) is 0 Å². The van der Waals surface area contributed by atoms with E-state index < -0.39 is 0 Å². The van der Waals surface area contributed by atoms with Crippen LogP contribution in [-0.4, -0.2) is 57.3 Å². The first kappa shape index (κ1) is 21.3. The monoisotopic (exact) mass is 452 g/mol. The van der Waals surface area contributed by atoms with Gasteiger partial charge in [0.15, 0.2) is 0 Å². The fraction of sp³-hybridized carbons (Fsp3) is 0.393. The van der Waals surface area contributed by atoms with Crippen molar-refractivity contribution < 1.29 is 0 Å². The highest BCUT2D eigenvalue weighted by molar-refractivity contribution is 5.89. The van der Waals surface area contributed by atoms with Crippen LogP contribution in [0.2, 0.25) is 0 Å². The summed E-state index contributed by atoms with van der Waals surface area (Å²) in [5.74, 6) is 0. The molecule has 2 aliphatic rings. The van der Waals surface area contributed by atoms with Crippen molar-refractivity contribution in [1.29, 1.82) is 0 Å². The fourth-order valence-corrected chi connectivity index (χ4v) is 5.67. The fourth-order valence-electron chi connectivity index (χ4n) is 5.67. The van der Waals surface area contributed by atoms with Crippen molar-refractivity contribution in [2.24, 2.45) is 0 Å². The summed E-state index contributed by atoms with van der Waals surface area (Å²) in [6.45, 7) is 6.57. The van der Waals surface area contributed by atoms with Crippen molar-refractivity contribution in [1.82, 2.24) is 25.1 Å². The van der Waals surface area contributed by atoms with Crippen LogP contribution in [0.25, 0.3) is 33.4 Å². The standard InChI is InChI=1S/C28H32N6/c1-20-6-4-9-27(31-20)28-25(19-30-32-28)21-10-11-26-22(16-21)17-24(18-29-26)34-13-5-12-33(14-15-34)23-7-2-3-8-23/h4,6,9-11,16-19,23H,2-3,5,7-8,12-15H2,1H3,(H,30,32). The van der Waals surface area contributed by atoms with E-state index in [1.54, 1.807) is 0 Å².